The van der Waals surface area contributed by atoms with Crippen molar-refractivity contribution in [1.29, 1.82) is 0 Å². The molecule has 0 saturated carbocycles. The Bertz CT molecular complexity index is 8590. The van der Waals surface area contributed by atoms with Crippen LogP contribution >= 0.6 is 0 Å². The van der Waals surface area contributed by atoms with Crippen molar-refractivity contribution in [3.8, 4) is 0 Å². The molecule has 5 aliphatic rings. The average Bonchev–Trinajstić information content (AvgIpc) is 0.660. The summed E-state index contributed by atoms with van der Waals surface area (Å²) in [5.41, 5.74) is 0.773. The number of carbonyl (C=O) groups excluding carboxylic acids is 5. The second-order valence-electron chi connectivity index (χ2n) is 25.4. The van der Waals surface area contributed by atoms with Crippen LogP contribution in [0.25, 0.3) is 79.4 Å². The van der Waals surface area contributed by atoms with E-state index in [2.05, 4.69) is 99.0 Å². The van der Waals surface area contributed by atoms with Crippen LogP contribution in [0, 0.1) is 97.0 Å². The lowest BCUT2D eigenvalue weighted by Gasteiger charge is -2.41. The second-order valence-corrected chi connectivity index (χ2v) is 25.4. The van der Waals surface area contributed by atoms with Crippen LogP contribution in [0.4, 0.5) is 29.1 Å². The van der Waals surface area contributed by atoms with Gasteiger partial charge in [0, 0.05) is 179 Å². The van der Waals surface area contributed by atoms with Crippen LogP contribution in [0.15, 0.2) is 61.7 Å². The molecule has 0 aromatic carbocycles. The first-order valence-electron chi connectivity index (χ1n) is 64.7. The van der Waals surface area contributed by atoms with Crippen molar-refractivity contribution in [2.75, 3.05) is 157 Å². The fourth-order valence-electron chi connectivity index (χ4n) is 11.2. The fraction of sp³-hybridized carbons (Fsp3) is 0.529. The minimum atomic E-state index is -3.96. The fourth-order valence-corrected chi connectivity index (χ4v) is 11.2. The molecule has 35 nitrogen and oxygen atoms in total. The van der Waals surface area contributed by atoms with E-state index in [1.165, 1.54) is 27.7 Å². The first-order chi connectivity index (χ1) is 80.9. The molecule has 0 spiro atoms. The number of nitrogens with zero attached hydrogens (tertiary/aromatic N) is 25. The molecule has 0 bridgehead atoms. The van der Waals surface area contributed by atoms with Crippen molar-refractivity contribution in [2.45, 2.75) is 131 Å². The maximum Gasteiger partial charge on any atom is 0.302 e. The van der Waals surface area contributed by atoms with E-state index in [0.29, 0.717) is 20.4 Å². The molecular formula is C85H110N30O5. The molecule has 120 heavy (non-hydrogen) atoms. The number of piperidine rings is 5. The molecule has 35 heteroatoms. The third-order valence-corrected chi connectivity index (χ3v) is 16.8. The summed E-state index contributed by atoms with van der Waals surface area (Å²) in [4.78, 5) is 131. The molecule has 0 unspecified atom stereocenters. The van der Waals surface area contributed by atoms with Gasteiger partial charge in [-0.3, -0.25) is 24.0 Å². The summed E-state index contributed by atoms with van der Waals surface area (Å²) in [6.07, 6.45) is -20.8. The van der Waals surface area contributed by atoms with Gasteiger partial charge in [0.15, 0.2) is 0 Å². The maximum atomic E-state index is 12.8. The number of fused-ring (bicyclic) bond motifs is 5. The Hall–Kier alpha value is -13.1. The van der Waals surface area contributed by atoms with Gasteiger partial charge in [-0.25, -0.2) is 82.7 Å². The smallest absolute Gasteiger partial charge is 0.302 e. The van der Waals surface area contributed by atoms with Gasteiger partial charge in [-0.15, -0.1) is 0 Å². The highest BCUT2D eigenvalue weighted by molar-refractivity contribution is 5.92. The van der Waals surface area contributed by atoms with Gasteiger partial charge in [0.05, 0.1) is 81.7 Å². The standard InChI is InChI=1S/5C17H22N6O/c5*1-11-5-6-23(15(24)8-18-3)9-14(11)22(4)17-13-7-12(2)21-16(13)19-10-20-17/h5*7,10-11,14H,5-6,8-9H2,1-2,4H3,(H,19,20,21)/t5*11-,14+/m11111/s1/i1D3,5D2,6D2,7D,9D2,10D,11D,14D;5D2,6D2,7D,9D2,10D,11D,14D;1D3,5D2,6D2,7D,9D2,10D,14D;1D3,4D3,5D2,6D2,7D,9D2,10D;4D3,5D2,6D2,7D,9D2,10D. The van der Waals surface area contributed by atoms with E-state index < -0.39 is 308 Å². The van der Waals surface area contributed by atoms with Crippen LogP contribution in [-0.2, 0) is 24.0 Å². The number of aryl methyl sites for hydroxylation is 5. The van der Waals surface area contributed by atoms with Crippen molar-refractivity contribution in [2.24, 2.45) is 29.5 Å². The van der Waals surface area contributed by atoms with Gasteiger partial charge in [-0.05, 0) is 126 Å². The van der Waals surface area contributed by atoms with E-state index in [1.54, 1.807) is 6.92 Å². The number of amides is 5. The van der Waals surface area contributed by atoms with Gasteiger partial charge in [0.2, 0.25) is 0 Å². The van der Waals surface area contributed by atoms with Crippen LogP contribution in [0.5, 0.6) is 0 Å². The number of carbonyl (C=O) groups is 5. The van der Waals surface area contributed by atoms with E-state index >= 15 is 0 Å². The van der Waals surface area contributed by atoms with Crippen LogP contribution in [-0.4, -0.2) is 292 Å². The van der Waals surface area contributed by atoms with E-state index in [-0.39, 0.29) is 143 Å². The zero-order valence-corrected chi connectivity index (χ0v) is 64.6. The Balaban J connectivity index is 0.000000209. The number of nitrogens with one attached hydrogen (secondary N) is 5. The van der Waals surface area contributed by atoms with Crippen molar-refractivity contribution in [1.82, 2.24) is 99.3 Å². The normalized spacial score (nSPS) is 38.0. The monoisotopic (exact) mass is 1690 g/mol. The summed E-state index contributed by atoms with van der Waals surface area (Å²) in [7, 11) is 2.95. The molecule has 5 aliphatic heterocycles. The highest BCUT2D eigenvalue weighted by atomic mass is 16.2. The number of anilines is 5. The Morgan fingerprint density at radius 2 is 0.642 bits per heavy atom. The molecule has 630 valence electrons. The Morgan fingerprint density at radius 1 is 0.383 bits per heavy atom. The largest absolute Gasteiger partial charge is 0.354 e. The van der Waals surface area contributed by atoms with E-state index in [0.717, 1.165) is 39.9 Å². The molecule has 0 radical (unpaired) electrons. The number of aromatic amines is 5. The molecule has 15 heterocycles. The van der Waals surface area contributed by atoms with Crippen LogP contribution in [0.1, 0.15) is 177 Å². The van der Waals surface area contributed by atoms with Crippen LogP contribution in [0.2, 0.25) is 0 Å². The molecular weight excluding hydrogens is 1520 g/mol. The number of likely N-dealkylation sites (N-methyl/N-ethyl adjacent to an activating group) is 5. The second kappa shape index (κ2) is 39.4. The highest BCUT2D eigenvalue weighted by Gasteiger charge is 2.39. The van der Waals surface area contributed by atoms with E-state index in [4.69, 9.17) is 111 Å². The summed E-state index contributed by atoms with van der Waals surface area (Å²) in [5, 5.41) is -0.860. The Kier molecular flexibility index (Phi) is 12.6. The molecule has 5 N–H and O–H groups in total. The Morgan fingerprint density at radius 3 is 0.950 bits per heavy atom. The molecule has 15 rings (SSSR count). The lowest BCUT2D eigenvalue weighted by Crippen LogP contribution is -2.53. The molecule has 0 aliphatic carbocycles. The zero-order chi connectivity index (χ0) is 139. The summed E-state index contributed by atoms with van der Waals surface area (Å²) < 4.78 is 502. The SMILES string of the molecule is [2H]c1nc(N(C)[C@@]2([2H])C([2H])([2H])N(C(=O)C[N+]#[C-])C([2H])([2H])C([2H])([2H])[C@@]2([2H])C([2H])([2H])[2H])c2c([2H])c(C)[nH]c2n1.[2H]c1nc(N(C)[C@@]2([2H])C([2H])([2H])N(C(=O)C[N+]#[C-])C([2H])([2H])C([2H])([2H])[C@@]2([2H])C)c2c([2H])c(C)[nH]c2n1.[2H]c1nc(N(C)[C@]2([2H])[C@H](C([2H])([2H])[2H])C([2H])([2H])C([2H])([2H])N(C(=O)C[N+]#[C-])C2([2H])[2H])c2c([2H])c(C)[nH]c2n1.[2H]c1nc(N([C@@H]2[C@H](C([2H])([2H])[2H])C([2H])([2H])C([2H])([2H])N(C(=O)C[N+]#[C-])C2([2H])[2H])C([2H])([2H])[2H])c2c([2H])c(C)[nH]c2n1.[2H]c1nc(N([C@@H]2[C@H](C)C([2H])([2H])C([2H])([2H])N(C(=O)C[N+]#[C-])C2([2H])[2H])C([2H])([2H])[2H])c2c([2H])c(C)[nH]c2n1. The van der Waals surface area contributed by atoms with Gasteiger partial charge < -0.3 is 98.1 Å². The summed E-state index contributed by atoms with van der Waals surface area (Å²) in [6, 6.07) is -16.1. The van der Waals surface area contributed by atoms with Gasteiger partial charge in [0.25, 0.3) is 32.7 Å². The lowest BCUT2D eigenvalue weighted by molar-refractivity contribution is -0.131. The number of hydrogen-bond donors (Lipinski definition) is 5. The summed E-state index contributed by atoms with van der Waals surface area (Å²) >= 11 is 0. The van der Waals surface area contributed by atoms with Crippen molar-refractivity contribution in [3.63, 3.8) is 0 Å². The van der Waals surface area contributed by atoms with Gasteiger partial charge in [-0.1, -0.05) is 34.4 Å². The third kappa shape index (κ3) is 20.2. The van der Waals surface area contributed by atoms with Crippen molar-refractivity contribution >= 4 is 114 Å². The quantitative estimate of drug-likeness (QED) is 0.0597. The number of rotatable bonds is 15. The minimum Gasteiger partial charge on any atom is -0.354 e. The predicted octanol–water partition coefficient (Wildman–Crippen LogP) is 9.29. The van der Waals surface area contributed by atoms with Crippen LogP contribution < -0.4 is 24.5 Å². The van der Waals surface area contributed by atoms with Gasteiger partial charge in [0.1, 0.15) is 95.7 Å². The molecule has 10 aromatic heterocycles. The summed E-state index contributed by atoms with van der Waals surface area (Å²) in [5.74, 6) is -24.2. The predicted molar refractivity (Wildman–Crippen MR) is 463 cm³/mol. The van der Waals surface area contributed by atoms with Crippen molar-refractivity contribution in [3.05, 3.63) is 147 Å². The van der Waals surface area contributed by atoms with Crippen molar-refractivity contribution < 1.29 is 106 Å². The zero-order valence-electron chi connectivity index (χ0n) is 125. The Labute approximate surface area is 784 Å². The molecule has 5 fully saturated rings. The number of H-pyrrole nitrogens is 5. The molecule has 5 amide bonds. The lowest BCUT2D eigenvalue weighted by atomic mass is 9.92. The van der Waals surface area contributed by atoms with Gasteiger partial charge in [-0.2, -0.15) is 0 Å². The van der Waals surface area contributed by atoms with E-state index in [1.807, 2.05) is 0 Å². The molecule has 10 aromatic rings. The van der Waals surface area contributed by atoms with Crippen LogP contribution in [0.3, 0.4) is 0 Å². The van der Waals surface area contributed by atoms with Gasteiger partial charge >= 0.3 is 29.5 Å². The first kappa shape index (κ1) is 38.3. The first-order valence-corrected chi connectivity index (χ1v) is 34.7. The number of likely N-dealkylation sites (tertiary alicyclic amines) is 5. The molecule has 10 atom stereocenters. The minimum absolute atomic E-state index is 0.0234. The average molecular weight is 1690 g/mol. The number of aromatic nitrogens is 15. The topological polar surface area (TPSA) is 347 Å². The molecule has 5 saturated heterocycles. The highest BCUT2D eigenvalue weighted by Crippen LogP contribution is 2.36. The third-order valence-electron chi connectivity index (χ3n) is 16.8. The van der Waals surface area contributed by atoms with E-state index in [9.17, 15) is 28.1 Å². The maximum absolute atomic E-state index is 12.8. The summed E-state index contributed by atoms with van der Waals surface area (Å²) in [6.45, 7) is -14.2. The number of hydrogen-bond acceptors (Lipinski definition) is 20.